The van der Waals surface area contributed by atoms with E-state index in [0.29, 0.717) is 5.91 Å². The van der Waals surface area contributed by atoms with Gasteiger partial charge in [-0.1, -0.05) is 12.8 Å². The summed E-state index contributed by atoms with van der Waals surface area (Å²) in [6.45, 7) is 1.60. The summed E-state index contributed by atoms with van der Waals surface area (Å²) < 4.78 is 0. The summed E-state index contributed by atoms with van der Waals surface area (Å²) in [6, 6.07) is 0.200. The van der Waals surface area contributed by atoms with E-state index >= 15 is 0 Å². The maximum absolute atomic E-state index is 12.4. The van der Waals surface area contributed by atoms with Crippen LogP contribution < -0.4 is 10.6 Å². The van der Waals surface area contributed by atoms with Crippen molar-refractivity contribution in [2.45, 2.75) is 50.6 Å². The average molecular weight is 311 g/mol. The van der Waals surface area contributed by atoms with E-state index in [0.717, 1.165) is 50.4 Å². The lowest BCUT2D eigenvalue weighted by Crippen LogP contribution is -2.51. The van der Waals surface area contributed by atoms with Crippen molar-refractivity contribution in [3.63, 3.8) is 0 Å². The summed E-state index contributed by atoms with van der Waals surface area (Å²) in [5.74, 6) is 2.49. The number of piperidine rings is 1. The first-order chi connectivity index (χ1) is 10.2. The van der Waals surface area contributed by atoms with Gasteiger partial charge < -0.3 is 10.2 Å². The molecule has 118 valence electrons. The van der Waals surface area contributed by atoms with Crippen LogP contribution in [0.3, 0.4) is 0 Å². The van der Waals surface area contributed by atoms with Gasteiger partial charge in [0.25, 0.3) is 0 Å². The first kappa shape index (κ1) is 15.2. The van der Waals surface area contributed by atoms with Crippen LogP contribution in [-0.2, 0) is 9.59 Å². The van der Waals surface area contributed by atoms with Gasteiger partial charge in [0.2, 0.25) is 11.8 Å². The zero-order valence-electron chi connectivity index (χ0n) is 12.5. The van der Waals surface area contributed by atoms with E-state index in [-0.39, 0.29) is 23.9 Å². The molecule has 2 heterocycles. The zero-order chi connectivity index (χ0) is 14.7. The Kier molecular flexibility index (Phi) is 5.06. The van der Waals surface area contributed by atoms with Gasteiger partial charge in [-0.2, -0.15) is 0 Å². The summed E-state index contributed by atoms with van der Waals surface area (Å²) in [4.78, 5) is 26.5. The van der Waals surface area contributed by atoms with E-state index in [1.807, 2.05) is 4.90 Å². The number of hydrogen-bond acceptors (Lipinski definition) is 4. The largest absolute Gasteiger partial charge is 0.352 e. The summed E-state index contributed by atoms with van der Waals surface area (Å²) in [6.07, 6.45) is 6.33. The van der Waals surface area contributed by atoms with Gasteiger partial charge in [-0.15, -0.1) is 11.8 Å². The van der Waals surface area contributed by atoms with Crippen molar-refractivity contribution in [3.8, 4) is 0 Å². The molecule has 1 atom stereocenters. The monoisotopic (exact) mass is 311 g/mol. The summed E-state index contributed by atoms with van der Waals surface area (Å²) in [5.41, 5.74) is 0. The Morgan fingerprint density at radius 2 is 1.81 bits per heavy atom. The quantitative estimate of drug-likeness (QED) is 0.814. The second-order valence-corrected chi connectivity index (χ2v) is 7.39. The highest BCUT2D eigenvalue weighted by Crippen LogP contribution is 2.27. The lowest BCUT2D eigenvalue weighted by Gasteiger charge is -2.34. The van der Waals surface area contributed by atoms with E-state index in [2.05, 4.69) is 10.6 Å². The van der Waals surface area contributed by atoms with E-state index in [4.69, 9.17) is 0 Å². The molecule has 6 heteroatoms. The molecule has 3 fully saturated rings. The van der Waals surface area contributed by atoms with Crippen molar-refractivity contribution >= 4 is 23.6 Å². The summed E-state index contributed by atoms with van der Waals surface area (Å²) >= 11 is 1.77. The van der Waals surface area contributed by atoms with Gasteiger partial charge in [-0.25, -0.2) is 0 Å². The van der Waals surface area contributed by atoms with E-state index in [9.17, 15) is 9.59 Å². The molecule has 3 aliphatic rings. The number of likely N-dealkylation sites (tertiary alicyclic amines) is 1. The number of thioether (sulfide) groups is 1. The van der Waals surface area contributed by atoms with Crippen molar-refractivity contribution in [3.05, 3.63) is 0 Å². The molecule has 0 aromatic carbocycles. The van der Waals surface area contributed by atoms with Gasteiger partial charge in [-0.05, 0) is 25.7 Å². The summed E-state index contributed by atoms with van der Waals surface area (Å²) in [5, 5.41) is 6.33. The van der Waals surface area contributed by atoms with Gasteiger partial charge in [0.1, 0.15) is 0 Å². The molecule has 1 saturated carbocycles. The van der Waals surface area contributed by atoms with E-state index < -0.39 is 0 Å². The molecule has 0 radical (unpaired) electrons. The molecule has 1 unspecified atom stereocenters. The third-order valence-electron chi connectivity index (χ3n) is 4.89. The second-order valence-electron chi connectivity index (χ2n) is 6.36. The maximum atomic E-state index is 12.4. The minimum atomic E-state index is -0.0341. The molecule has 0 spiro atoms. The number of hydrogen-bond donors (Lipinski definition) is 2. The van der Waals surface area contributed by atoms with E-state index in [1.165, 1.54) is 12.8 Å². The SMILES string of the molecule is O=C(NC1CCN(C(=O)C2CCCC2)CC1)C1CSCN1. The molecular weight excluding hydrogens is 286 g/mol. The Balaban J connectivity index is 1.42. The smallest absolute Gasteiger partial charge is 0.238 e. The Morgan fingerprint density at radius 3 is 2.43 bits per heavy atom. The zero-order valence-corrected chi connectivity index (χ0v) is 13.3. The van der Waals surface area contributed by atoms with Gasteiger partial charge in [0.05, 0.1) is 6.04 Å². The topological polar surface area (TPSA) is 61.4 Å². The van der Waals surface area contributed by atoms with Crippen LogP contribution in [0, 0.1) is 5.92 Å². The fourth-order valence-corrected chi connectivity index (χ4v) is 4.48. The van der Waals surface area contributed by atoms with Crippen molar-refractivity contribution in [1.82, 2.24) is 15.5 Å². The minimum absolute atomic E-state index is 0.0341. The lowest BCUT2D eigenvalue weighted by atomic mass is 10.0. The fourth-order valence-electron chi connectivity index (χ4n) is 3.54. The molecule has 0 aromatic heterocycles. The molecule has 2 amide bonds. The standard InChI is InChI=1S/C15H25N3O2S/c19-14(13-9-21-10-16-13)17-12-5-7-18(8-6-12)15(20)11-3-1-2-4-11/h11-13,16H,1-10H2,(H,17,19). The molecule has 5 nitrogen and oxygen atoms in total. The van der Waals surface area contributed by atoms with Crippen molar-refractivity contribution in [2.75, 3.05) is 24.7 Å². The lowest BCUT2D eigenvalue weighted by molar-refractivity contribution is -0.136. The van der Waals surface area contributed by atoms with Gasteiger partial charge >= 0.3 is 0 Å². The minimum Gasteiger partial charge on any atom is -0.352 e. The van der Waals surface area contributed by atoms with Crippen molar-refractivity contribution < 1.29 is 9.59 Å². The normalized spacial score (nSPS) is 28.0. The third-order valence-corrected chi connectivity index (χ3v) is 5.83. The molecule has 21 heavy (non-hydrogen) atoms. The predicted octanol–water partition coefficient (Wildman–Crippen LogP) is 0.946. The number of carbonyl (C=O) groups excluding carboxylic acids is 2. The highest BCUT2D eigenvalue weighted by Gasteiger charge is 2.31. The highest BCUT2D eigenvalue weighted by molar-refractivity contribution is 7.99. The van der Waals surface area contributed by atoms with Crippen LogP contribution in [0.4, 0.5) is 0 Å². The molecular formula is C15H25N3O2S. The Morgan fingerprint density at radius 1 is 1.10 bits per heavy atom. The van der Waals surface area contributed by atoms with Crippen LogP contribution in [-0.4, -0.2) is 53.5 Å². The van der Waals surface area contributed by atoms with E-state index in [1.54, 1.807) is 11.8 Å². The van der Waals surface area contributed by atoms with Crippen molar-refractivity contribution in [2.24, 2.45) is 5.92 Å². The van der Waals surface area contributed by atoms with Crippen LogP contribution in [0.2, 0.25) is 0 Å². The molecule has 0 aromatic rings. The molecule has 2 aliphatic heterocycles. The molecule has 3 rings (SSSR count). The molecule has 2 saturated heterocycles. The Labute approximate surface area is 130 Å². The van der Waals surface area contributed by atoms with Crippen molar-refractivity contribution in [1.29, 1.82) is 0 Å². The van der Waals surface area contributed by atoms with Crippen LogP contribution >= 0.6 is 11.8 Å². The van der Waals surface area contributed by atoms with Gasteiger partial charge in [-0.3, -0.25) is 14.9 Å². The summed E-state index contributed by atoms with van der Waals surface area (Å²) in [7, 11) is 0. The number of amides is 2. The van der Waals surface area contributed by atoms with Crippen LogP contribution in [0.5, 0.6) is 0 Å². The number of rotatable bonds is 3. The predicted molar refractivity (Wildman–Crippen MR) is 84.0 cm³/mol. The molecule has 0 bridgehead atoms. The number of carbonyl (C=O) groups is 2. The molecule has 2 N–H and O–H groups in total. The van der Waals surface area contributed by atoms with Gasteiger partial charge in [0, 0.05) is 36.7 Å². The maximum Gasteiger partial charge on any atom is 0.238 e. The highest BCUT2D eigenvalue weighted by atomic mass is 32.2. The Bertz CT molecular complexity index is 384. The fraction of sp³-hybridized carbons (Fsp3) is 0.867. The van der Waals surface area contributed by atoms with Gasteiger partial charge in [0.15, 0.2) is 0 Å². The first-order valence-electron chi connectivity index (χ1n) is 8.14. The van der Waals surface area contributed by atoms with Crippen LogP contribution in [0.15, 0.2) is 0 Å². The third kappa shape index (κ3) is 3.72. The molecule has 1 aliphatic carbocycles. The average Bonchev–Trinajstić information content (AvgIpc) is 3.20. The second kappa shape index (κ2) is 7.01. The number of nitrogens with one attached hydrogen (secondary N) is 2. The van der Waals surface area contributed by atoms with Crippen LogP contribution in [0.25, 0.3) is 0 Å². The Hall–Kier alpha value is -0.750. The van der Waals surface area contributed by atoms with Crippen LogP contribution in [0.1, 0.15) is 38.5 Å². The first-order valence-corrected chi connectivity index (χ1v) is 9.30. The number of nitrogens with zero attached hydrogens (tertiary/aromatic N) is 1.